The number of hydrogen-bond acceptors (Lipinski definition) is 1. The summed E-state index contributed by atoms with van der Waals surface area (Å²) in [5.74, 6) is 0. The van der Waals surface area contributed by atoms with Crippen molar-refractivity contribution < 1.29 is 0 Å². The first-order chi connectivity index (χ1) is 35.9. The number of fused-ring (bicyclic) bond motifs is 3. The van der Waals surface area contributed by atoms with Gasteiger partial charge in [-0.25, -0.2) is 0 Å². The molecule has 2 heteroatoms. The summed E-state index contributed by atoms with van der Waals surface area (Å²) in [5, 5.41) is 9.92. The van der Waals surface area contributed by atoms with Gasteiger partial charge in [0.05, 0.1) is 22.4 Å². The van der Waals surface area contributed by atoms with E-state index in [1.54, 1.807) is 0 Å². The van der Waals surface area contributed by atoms with Crippen LogP contribution in [0.25, 0.3) is 104 Å². The van der Waals surface area contributed by atoms with E-state index >= 15 is 0 Å². The normalized spacial score (nSPS) is 12.2. The molecule has 0 bridgehead atoms. The van der Waals surface area contributed by atoms with Crippen molar-refractivity contribution in [1.29, 1.82) is 0 Å². The maximum atomic E-state index is 2.55. The summed E-state index contributed by atoms with van der Waals surface area (Å²) in [5.41, 5.74) is 19.0. The molecule has 0 aliphatic carbocycles. The van der Waals surface area contributed by atoms with E-state index in [4.69, 9.17) is 0 Å². The van der Waals surface area contributed by atoms with Gasteiger partial charge in [0.2, 0.25) is 0 Å². The molecule has 0 N–H and O–H groups in total. The molecular formula is C72H58N2. The molecule has 1 aromatic heterocycles. The van der Waals surface area contributed by atoms with E-state index in [9.17, 15) is 0 Å². The average molecular weight is 951 g/mol. The Kier molecular flexibility index (Phi) is 10.7. The quantitative estimate of drug-likeness (QED) is 0.138. The van der Waals surface area contributed by atoms with Gasteiger partial charge >= 0.3 is 0 Å². The minimum atomic E-state index is -0.105. The van der Waals surface area contributed by atoms with Gasteiger partial charge in [0.1, 0.15) is 0 Å². The largest absolute Gasteiger partial charge is 0.310 e. The number of nitrogens with zero attached hydrogens (tertiary/aromatic N) is 2. The van der Waals surface area contributed by atoms with Crippen molar-refractivity contribution in [3.05, 3.63) is 254 Å². The number of rotatable bonds is 8. The maximum absolute atomic E-state index is 2.55. The van der Waals surface area contributed by atoms with Crippen LogP contribution < -0.4 is 4.90 Å². The summed E-state index contributed by atoms with van der Waals surface area (Å²) in [6.07, 6.45) is 0. The average Bonchev–Trinajstić information content (AvgIpc) is 3.77. The van der Waals surface area contributed by atoms with Gasteiger partial charge in [-0.2, -0.15) is 0 Å². The van der Waals surface area contributed by atoms with Crippen molar-refractivity contribution in [2.75, 3.05) is 4.90 Å². The van der Waals surface area contributed by atoms with Crippen LogP contribution in [-0.2, 0) is 10.8 Å². The van der Waals surface area contributed by atoms with Crippen LogP contribution in [0.5, 0.6) is 0 Å². The zero-order chi connectivity index (χ0) is 50.3. The monoisotopic (exact) mass is 950 g/mol. The van der Waals surface area contributed by atoms with Crippen molar-refractivity contribution in [3.8, 4) is 50.2 Å². The SMILES string of the molecule is CC(C)(C)c1cc(-c2ccccc2)cc(N(c2cc(-c3ccccc3)cc(C(C)(C)C)c2)c2ccc3ccc4c(-n5c6ccc(-c7ccccc7)cc6c6cc(-c7ccccc7)ccc65)ccc5ccc2c3c54)c1. The minimum Gasteiger partial charge on any atom is -0.310 e. The molecule has 0 amide bonds. The van der Waals surface area contributed by atoms with Gasteiger partial charge < -0.3 is 9.47 Å². The molecule has 74 heavy (non-hydrogen) atoms. The summed E-state index contributed by atoms with van der Waals surface area (Å²) < 4.78 is 2.51. The van der Waals surface area contributed by atoms with Crippen molar-refractivity contribution in [3.63, 3.8) is 0 Å². The van der Waals surface area contributed by atoms with Crippen LogP contribution in [0.1, 0.15) is 52.7 Å². The number of hydrogen-bond donors (Lipinski definition) is 0. The maximum Gasteiger partial charge on any atom is 0.0541 e. The third-order valence-electron chi connectivity index (χ3n) is 15.4. The minimum absolute atomic E-state index is 0.105. The first-order valence-electron chi connectivity index (χ1n) is 26.1. The van der Waals surface area contributed by atoms with Crippen molar-refractivity contribution >= 4 is 71.2 Å². The molecule has 2 nitrogen and oxygen atoms in total. The first-order valence-corrected chi connectivity index (χ1v) is 26.1. The van der Waals surface area contributed by atoms with Crippen LogP contribution in [0.2, 0.25) is 0 Å². The number of aromatic nitrogens is 1. The molecule has 1 heterocycles. The third-order valence-corrected chi connectivity index (χ3v) is 15.4. The molecule has 0 spiro atoms. The highest BCUT2D eigenvalue weighted by Gasteiger charge is 2.26. The lowest BCUT2D eigenvalue weighted by Crippen LogP contribution is -2.17. The van der Waals surface area contributed by atoms with Crippen LogP contribution in [0.3, 0.4) is 0 Å². The fourth-order valence-electron chi connectivity index (χ4n) is 11.4. The van der Waals surface area contributed by atoms with Gasteiger partial charge in [0, 0.05) is 32.9 Å². The molecule has 0 aliphatic rings. The Morgan fingerprint density at radius 1 is 0.297 bits per heavy atom. The zero-order valence-electron chi connectivity index (χ0n) is 43.0. The highest BCUT2D eigenvalue weighted by atomic mass is 15.1. The van der Waals surface area contributed by atoms with Gasteiger partial charge in [0.15, 0.2) is 0 Å². The molecule has 0 fully saturated rings. The van der Waals surface area contributed by atoms with E-state index in [1.807, 2.05) is 0 Å². The van der Waals surface area contributed by atoms with Crippen LogP contribution >= 0.6 is 0 Å². The summed E-state index contributed by atoms with van der Waals surface area (Å²) >= 11 is 0. The fraction of sp³-hybridized carbons (Fsp3) is 0.111. The summed E-state index contributed by atoms with van der Waals surface area (Å²) in [4.78, 5) is 2.55. The van der Waals surface area contributed by atoms with Crippen LogP contribution in [0.15, 0.2) is 243 Å². The summed E-state index contributed by atoms with van der Waals surface area (Å²) in [6, 6.07) is 90.6. The van der Waals surface area contributed by atoms with E-state index in [0.29, 0.717) is 0 Å². The second-order valence-electron chi connectivity index (χ2n) is 22.2. The fourth-order valence-corrected chi connectivity index (χ4v) is 11.4. The van der Waals surface area contributed by atoms with E-state index in [-0.39, 0.29) is 10.8 Å². The van der Waals surface area contributed by atoms with Crippen molar-refractivity contribution in [1.82, 2.24) is 4.57 Å². The number of benzene rings is 12. The van der Waals surface area contributed by atoms with Gasteiger partial charge in [0.25, 0.3) is 0 Å². The Morgan fingerprint density at radius 2 is 0.689 bits per heavy atom. The van der Waals surface area contributed by atoms with Gasteiger partial charge in [-0.3, -0.25) is 0 Å². The van der Waals surface area contributed by atoms with Crippen molar-refractivity contribution in [2.24, 2.45) is 0 Å². The Balaban J connectivity index is 1.08. The molecule has 0 aliphatic heterocycles. The lowest BCUT2D eigenvalue weighted by atomic mass is 9.84. The highest BCUT2D eigenvalue weighted by molar-refractivity contribution is 6.27. The Bertz CT molecular complexity index is 4030. The van der Waals surface area contributed by atoms with E-state index < -0.39 is 0 Å². The molecule has 13 aromatic rings. The molecule has 0 radical (unpaired) electrons. The zero-order valence-corrected chi connectivity index (χ0v) is 43.0. The van der Waals surface area contributed by atoms with Gasteiger partial charge in [-0.1, -0.05) is 224 Å². The van der Waals surface area contributed by atoms with E-state index in [0.717, 1.165) is 17.1 Å². The lowest BCUT2D eigenvalue weighted by molar-refractivity contribution is 0.590. The molecule has 0 atom stereocenters. The molecule has 0 unspecified atom stereocenters. The third kappa shape index (κ3) is 7.81. The van der Waals surface area contributed by atoms with Crippen molar-refractivity contribution in [2.45, 2.75) is 52.4 Å². The second-order valence-corrected chi connectivity index (χ2v) is 22.2. The Hall–Kier alpha value is -8.72. The Morgan fingerprint density at radius 3 is 1.14 bits per heavy atom. The molecule has 0 saturated heterocycles. The number of anilines is 3. The highest BCUT2D eigenvalue weighted by Crippen LogP contribution is 2.49. The standard InChI is InChI=1S/C72H58N2/c1-71(2,3)57-39-55(49-23-15-9-16-24-49)41-59(45-57)73(60-42-56(50-25-17-10-18-26-50)40-58(46-60)72(4,5)6)65-35-29-51-28-34-62-66(36-30-52-27-33-61(65)69(51)70(52)62)74-67-37-31-53(47-19-11-7-12-20-47)43-63(67)64-44-54(32-38-68(64)74)48-21-13-8-14-22-48/h7-46H,1-6H3. The predicted molar refractivity (Wildman–Crippen MR) is 318 cm³/mol. The summed E-state index contributed by atoms with van der Waals surface area (Å²) in [6.45, 7) is 14.0. The smallest absolute Gasteiger partial charge is 0.0541 e. The van der Waals surface area contributed by atoms with E-state index in [2.05, 4.69) is 294 Å². The van der Waals surface area contributed by atoms with Gasteiger partial charge in [-0.05, 0) is 149 Å². The van der Waals surface area contributed by atoms with Gasteiger partial charge in [-0.15, -0.1) is 0 Å². The van der Waals surface area contributed by atoms with Crippen LogP contribution in [0, 0.1) is 0 Å². The predicted octanol–water partition coefficient (Wildman–Crippen LogP) is 20.4. The topological polar surface area (TPSA) is 8.17 Å². The van der Waals surface area contributed by atoms with Crippen LogP contribution in [-0.4, -0.2) is 4.57 Å². The van der Waals surface area contributed by atoms with E-state index in [1.165, 1.54) is 115 Å². The molecule has 356 valence electrons. The molecule has 12 aromatic carbocycles. The Labute approximate surface area is 434 Å². The molecule has 13 rings (SSSR count). The lowest BCUT2D eigenvalue weighted by Gasteiger charge is -2.32. The van der Waals surface area contributed by atoms with Crippen LogP contribution in [0.4, 0.5) is 17.1 Å². The summed E-state index contributed by atoms with van der Waals surface area (Å²) in [7, 11) is 0. The second kappa shape index (κ2) is 17.5. The molecular weight excluding hydrogens is 893 g/mol. The molecule has 0 saturated carbocycles. The first kappa shape index (κ1) is 45.2.